The van der Waals surface area contributed by atoms with Crippen molar-refractivity contribution in [2.24, 2.45) is 4.99 Å². The SMILES string of the molecule is CCc1nncn1CCNC(=NCCc1cccs1)NC(C)C1CCCO1. The van der Waals surface area contributed by atoms with Crippen molar-refractivity contribution in [2.45, 2.75) is 58.2 Å². The zero-order chi connectivity index (χ0) is 18.9. The summed E-state index contributed by atoms with van der Waals surface area (Å²) in [4.78, 5) is 6.14. The third kappa shape index (κ3) is 6.04. The minimum Gasteiger partial charge on any atom is -0.376 e. The van der Waals surface area contributed by atoms with Crippen LogP contribution in [0.4, 0.5) is 0 Å². The number of aromatic nitrogens is 3. The number of hydrogen-bond acceptors (Lipinski definition) is 5. The van der Waals surface area contributed by atoms with Crippen molar-refractivity contribution in [1.29, 1.82) is 0 Å². The van der Waals surface area contributed by atoms with Crippen LogP contribution < -0.4 is 10.6 Å². The molecule has 2 aromatic heterocycles. The van der Waals surface area contributed by atoms with Gasteiger partial charge >= 0.3 is 0 Å². The first-order valence-corrected chi connectivity index (χ1v) is 10.7. The van der Waals surface area contributed by atoms with Crippen molar-refractivity contribution in [1.82, 2.24) is 25.4 Å². The van der Waals surface area contributed by atoms with E-state index in [1.165, 1.54) is 4.88 Å². The molecule has 7 nitrogen and oxygen atoms in total. The van der Waals surface area contributed by atoms with E-state index in [0.29, 0.717) is 0 Å². The molecule has 0 aliphatic carbocycles. The van der Waals surface area contributed by atoms with E-state index in [1.54, 1.807) is 17.7 Å². The summed E-state index contributed by atoms with van der Waals surface area (Å²) < 4.78 is 7.89. The highest BCUT2D eigenvalue weighted by Gasteiger charge is 2.23. The Bertz CT molecular complexity index is 693. The summed E-state index contributed by atoms with van der Waals surface area (Å²) >= 11 is 1.78. The highest BCUT2D eigenvalue weighted by Crippen LogP contribution is 2.15. The summed E-state index contributed by atoms with van der Waals surface area (Å²) in [6.07, 6.45) is 6.15. The largest absolute Gasteiger partial charge is 0.376 e. The molecule has 0 saturated carbocycles. The van der Waals surface area contributed by atoms with Crippen LogP contribution in [0.5, 0.6) is 0 Å². The molecule has 2 aromatic rings. The number of guanidine groups is 1. The molecule has 27 heavy (non-hydrogen) atoms. The van der Waals surface area contributed by atoms with Crippen LogP contribution in [0.15, 0.2) is 28.8 Å². The summed E-state index contributed by atoms with van der Waals surface area (Å²) in [5.74, 6) is 1.86. The molecule has 3 rings (SSSR count). The third-order valence-electron chi connectivity index (χ3n) is 4.75. The van der Waals surface area contributed by atoms with Crippen molar-refractivity contribution in [3.05, 3.63) is 34.5 Å². The lowest BCUT2D eigenvalue weighted by atomic mass is 10.1. The van der Waals surface area contributed by atoms with Gasteiger partial charge in [-0.2, -0.15) is 0 Å². The molecule has 1 aliphatic rings. The third-order valence-corrected chi connectivity index (χ3v) is 5.69. The van der Waals surface area contributed by atoms with Gasteiger partial charge in [-0.3, -0.25) is 4.99 Å². The van der Waals surface area contributed by atoms with E-state index in [4.69, 9.17) is 9.73 Å². The van der Waals surface area contributed by atoms with E-state index in [1.807, 2.05) is 0 Å². The van der Waals surface area contributed by atoms with E-state index in [0.717, 1.165) is 63.7 Å². The zero-order valence-electron chi connectivity index (χ0n) is 16.2. The van der Waals surface area contributed by atoms with Crippen LogP contribution in [0, 0.1) is 0 Å². The van der Waals surface area contributed by atoms with Crippen LogP contribution in [0.1, 0.15) is 37.4 Å². The topological polar surface area (TPSA) is 76.4 Å². The lowest BCUT2D eigenvalue weighted by molar-refractivity contribution is 0.0890. The summed E-state index contributed by atoms with van der Waals surface area (Å²) in [6.45, 7) is 7.48. The predicted octanol–water partition coefficient (Wildman–Crippen LogP) is 2.25. The van der Waals surface area contributed by atoms with Crippen molar-refractivity contribution < 1.29 is 4.74 Å². The number of hydrogen-bond donors (Lipinski definition) is 2. The van der Waals surface area contributed by atoms with Gasteiger partial charge in [0.2, 0.25) is 0 Å². The minimum atomic E-state index is 0.238. The highest BCUT2D eigenvalue weighted by atomic mass is 32.1. The van der Waals surface area contributed by atoms with Crippen LogP contribution in [-0.2, 0) is 24.1 Å². The molecule has 1 aliphatic heterocycles. The van der Waals surface area contributed by atoms with Gasteiger partial charge in [-0.15, -0.1) is 21.5 Å². The molecular formula is C19H30N6OS. The summed E-state index contributed by atoms with van der Waals surface area (Å²) in [5, 5.41) is 17.2. The average molecular weight is 391 g/mol. The van der Waals surface area contributed by atoms with Crippen molar-refractivity contribution in [3.63, 3.8) is 0 Å². The van der Waals surface area contributed by atoms with Crippen molar-refractivity contribution in [3.8, 4) is 0 Å². The van der Waals surface area contributed by atoms with Gasteiger partial charge in [0.25, 0.3) is 0 Å². The van der Waals surface area contributed by atoms with Crippen molar-refractivity contribution >= 4 is 17.3 Å². The van der Waals surface area contributed by atoms with E-state index < -0.39 is 0 Å². The second-order valence-electron chi connectivity index (χ2n) is 6.77. The fraction of sp³-hybridized carbons (Fsp3) is 0.632. The Morgan fingerprint density at radius 1 is 1.52 bits per heavy atom. The summed E-state index contributed by atoms with van der Waals surface area (Å²) in [7, 11) is 0. The standard InChI is InChI=1S/C19H30N6OS/c1-3-18-24-22-14-25(18)11-10-21-19(20-9-8-16-6-5-13-27-16)23-15(2)17-7-4-12-26-17/h5-6,13-15,17H,3-4,7-12H2,1-2H3,(H2,20,21,23). The smallest absolute Gasteiger partial charge is 0.191 e. The normalized spacial score (nSPS) is 18.6. The number of rotatable bonds is 9. The lowest BCUT2D eigenvalue weighted by Gasteiger charge is -2.23. The van der Waals surface area contributed by atoms with Crippen LogP contribution in [-0.4, -0.2) is 52.6 Å². The first kappa shape index (κ1) is 19.8. The first-order valence-electron chi connectivity index (χ1n) is 9.81. The Kier molecular flexibility index (Phi) is 7.65. The number of aryl methyl sites for hydroxylation is 1. The van der Waals surface area contributed by atoms with Crippen molar-refractivity contribution in [2.75, 3.05) is 19.7 Å². The zero-order valence-corrected chi connectivity index (χ0v) is 17.0. The average Bonchev–Trinajstić information content (AvgIpc) is 3.43. The molecule has 1 fully saturated rings. The molecule has 8 heteroatoms. The van der Waals surface area contributed by atoms with Gasteiger partial charge < -0.3 is 19.9 Å². The molecule has 1 saturated heterocycles. The maximum absolute atomic E-state index is 5.81. The van der Waals surface area contributed by atoms with Gasteiger partial charge in [0, 0.05) is 44.0 Å². The van der Waals surface area contributed by atoms with Gasteiger partial charge in [-0.05, 0) is 31.2 Å². The molecule has 0 spiro atoms. The molecule has 2 N–H and O–H groups in total. The van der Waals surface area contributed by atoms with Crippen LogP contribution in [0.25, 0.3) is 0 Å². The van der Waals surface area contributed by atoms with Gasteiger partial charge in [0.1, 0.15) is 12.2 Å². The summed E-state index contributed by atoms with van der Waals surface area (Å²) in [5.41, 5.74) is 0. The Hall–Kier alpha value is -1.93. The fourth-order valence-electron chi connectivity index (χ4n) is 3.23. The number of ether oxygens (including phenoxy) is 1. The second-order valence-corrected chi connectivity index (χ2v) is 7.80. The molecule has 148 valence electrons. The molecule has 2 atom stereocenters. The molecule has 2 unspecified atom stereocenters. The lowest BCUT2D eigenvalue weighted by Crippen LogP contribution is -2.47. The minimum absolute atomic E-state index is 0.238. The van der Waals surface area contributed by atoms with Gasteiger partial charge in [-0.25, -0.2) is 0 Å². The molecule has 0 amide bonds. The molecule has 0 radical (unpaired) electrons. The molecular weight excluding hydrogens is 360 g/mol. The first-order chi connectivity index (χ1) is 13.3. The van der Waals surface area contributed by atoms with E-state index in [9.17, 15) is 0 Å². The highest BCUT2D eigenvalue weighted by molar-refractivity contribution is 7.09. The second kappa shape index (κ2) is 10.4. The number of nitrogens with one attached hydrogen (secondary N) is 2. The van der Waals surface area contributed by atoms with Crippen LogP contribution >= 0.6 is 11.3 Å². The molecule has 0 bridgehead atoms. The van der Waals surface area contributed by atoms with E-state index in [2.05, 4.69) is 56.8 Å². The Morgan fingerprint density at radius 3 is 3.19 bits per heavy atom. The van der Waals surface area contributed by atoms with Gasteiger partial charge in [0.15, 0.2) is 5.96 Å². The maximum atomic E-state index is 5.81. The predicted molar refractivity (Wildman–Crippen MR) is 109 cm³/mol. The van der Waals surface area contributed by atoms with Gasteiger partial charge in [0.05, 0.1) is 12.1 Å². The Morgan fingerprint density at radius 2 is 2.44 bits per heavy atom. The number of nitrogens with zero attached hydrogens (tertiary/aromatic N) is 4. The Labute approximate surface area is 165 Å². The maximum Gasteiger partial charge on any atom is 0.191 e. The van der Waals surface area contributed by atoms with E-state index in [-0.39, 0.29) is 12.1 Å². The van der Waals surface area contributed by atoms with Gasteiger partial charge in [-0.1, -0.05) is 13.0 Å². The number of thiophene rings is 1. The molecule has 0 aromatic carbocycles. The number of aliphatic imine (C=N–C) groups is 1. The summed E-state index contributed by atoms with van der Waals surface area (Å²) in [6, 6.07) is 4.49. The monoisotopic (exact) mass is 390 g/mol. The fourth-order valence-corrected chi connectivity index (χ4v) is 3.92. The molecule has 3 heterocycles. The van der Waals surface area contributed by atoms with E-state index >= 15 is 0 Å². The van der Waals surface area contributed by atoms with Crippen LogP contribution in [0.2, 0.25) is 0 Å². The van der Waals surface area contributed by atoms with Crippen LogP contribution in [0.3, 0.4) is 0 Å². The quantitative estimate of drug-likeness (QED) is 0.507. The Balaban J connectivity index is 1.54.